The van der Waals surface area contributed by atoms with Gasteiger partial charge in [-0.05, 0) is 295 Å². The van der Waals surface area contributed by atoms with Crippen molar-refractivity contribution in [2.24, 2.45) is 0 Å². The molecule has 18 rings (SSSR count). The number of anilines is 2. The quantitative estimate of drug-likeness (QED) is 0.0646. The van der Waals surface area contributed by atoms with Gasteiger partial charge >= 0.3 is 240 Å². The van der Waals surface area contributed by atoms with Crippen LogP contribution in [0.2, 0.25) is 0 Å². The molecule has 636 valence electrons. The molecule has 10 fully saturated rings. The summed E-state index contributed by atoms with van der Waals surface area (Å²) in [7, 11) is 24.6. The number of hydrogen-bond donors (Lipinski definition) is 0. The third-order valence-corrected chi connectivity index (χ3v) is 49.3. The average molecular weight is 1880 g/mol. The third-order valence-electron chi connectivity index (χ3n) is 29.3. The first-order valence-electron chi connectivity index (χ1n) is 47.4. The molecule has 0 aromatic heterocycles. The molecule has 0 N–H and O–H groups in total. The Morgan fingerprint density at radius 1 is 0.267 bits per heavy atom. The fourth-order valence-electron chi connectivity index (χ4n) is 24.3. The van der Waals surface area contributed by atoms with Crippen molar-refractivity contribution < 1.29 is 27.0 Å². The van der Waals surface area contributed by atoms with Gasteiger partial charge in [-0.15, -0.1) is 0 Å². The van der Waals surface area contributed by atoms with Crippen molar-refractivity contribution >= 4 is 93.3 Å². The van der Waals surface area contributed by atoms with Crippen molar-refractivity contribution in [3.63, 3.8) is 0 Å². The average Bonchev–Trinajstić information content (AvgIpc) is 1.63. The topological polar surface area (TPSA) is 6.48 Å². The number of rotatable bonds is 13. The first-order valence-corrected chi connectivity index (χ1v) is 63.3. The predicted molar refractivity (Wildman–Crippen MR) is 519 cm³/mol. The summed E-state index contributed by atoms with van der Waals surface area (Å²) in [6.07, 6.45) is 75.7. The summed E-state index contributed by atoms with van der Waals surface area (Å²) >= 11 is -3.76. The van der Waals surface area contributed by atoms with Gasteiger partial charge in [-0.2, -0.15) is 6.67 Å². The Balaban J connectivity index is 0.000000121. The van der Waals surface area contributed by atoms with E-state index < -0.39 is 27.0 Å². The molecule has 0 atom stereocenters. The van der Waals surface area contributed by atoms with Crippen molar-refractivity contribution in [3.05, 3.63) is 219 Å². The van der Waals surface area contributed by atoms with Crippen LogP contribution in [0.5, 0.6) is 0 Å². The third kappa shape index (κ3) is 25.3. The van der Waals surface area contributed by atoms with E-state index >= 15 is 0 Å². The first-order chi connectivity index (χ1) is 56.8. The molecule has 116 heavy (non-hydrogen) atoms. The Hall–Kier alpha value is -2.16. The van der Waals surface area contributed by atoms with Gasteiger partial charge in [0.2, 0.25) is 0 Å². The van der Waals surface area contributed by atoms with Crippen LogP contribution in [0, 0.1) is 48.2 Å². The minimum atomic E-state index is -1.88. The van der Waals surface area contributed by atoms with E-state index in [1.165, 1.54) is 140 Å². The number of halogens is 4. The first kappa shape index (κ1) is 91.5. The van der Waals surface area contributed by atoms with Gasteiger partial charge in [0.15, 0.2) is 0 Å². The van der Waals surface area contributed by atoms with Gasteiger partial charge in [0.1, 0.15) is 0 Å². The van der Waals surface area contributed by atoms with E-state index in [0.717, 1.165) is 21.3 Å². The second-order valence-corrected chi connectivity index (χ2v) is 59.5. The Morgan fingerprint density at radius 3 is 0.672 bits per heavy atom. The Kier molecular flexibility index (Phi) is 37.7. The normalized spacial score (nSPS) is 21.5. The summed E-state index contributed by atoms with van der Waals surface area (Å²) < 4.78 is 2.25. The van der Waals surface area contributed by atoms with Gasteiger partial charge in [0.05, 0.1) is 50.9 Å². The Labute approximate surface area is 736 Å². The molecule has 2 nitrogen and oxygen atoms in total. The van der Waals surface area contributed by atoms with Crippen LogP contribution >= 0.6 is 62.5 Å². The fraction of sp³-hybridized carbons (Fsp3) is 0.590. The molecule has 0 spiro atoms. The SMILES string of the molecule is C1CCC([PH+](C2CCCCC2)C2CCCCC2)CC1.C1CCC([PH+](C2CCCCC2)C2CCCCC2)CC1.C1CCC([PH+](C2CCCCC2)C2CCCCC2)CC1.Cc1cc(C)c(N2[CH-]N(c3c(C)cc(C)cc3C)CC2)c(C)c1.[Cl][Ru]([Cl])=[C]1C=C(c2ccccc2)c2ccccc21.[Cl][Ru]([Cl])=[C]1C=C(c2ccccc2)c2ccccc21. The molecule has 1 heterocycles. The van der Waals surface area contributed by atoms with Crippen LogP contribution in [0.15, 0.2) is 146 Å². The van der Waals surface area contributed by atoms with Gasteiger partial charge < -0.3 is 9.80 Å². The summed E-state index contributed by atoms with van der Waals surface area (Å²) in [5, 5.41) is 0. The number of nitrogens with zero attached hydrogens (tertiary/aromatic N) is 2. The van der Waals surface area contributed by atoms with Crippen LogP contribution in [0.4, 0.5) is 11.4 Å². The Morgan fingerprint density at radius 2 is 0.466 bits per heavy atom. The maximum absolute atomic E-state index is 6.19. The van der Waals surface area contributed by atoms with E-state index in [1.54, 1.807) is 289 Å². The van der Waals surface area contributed by atoms with E-state index in [-0.39, 0.29) is 23.8 Å². The summed E-state index contributed by atoms with van der Waals surface area (Å²) in [6.45, 7) is 17.6. The summed E-state index contributed by atoms with van der Waals surface area (Å²) in [6, 6.07) is 46.5. The molecule has 12 aliphatic rings. The van der Waals surface area contributed by atoms with Gasteiger partial charge in [0.25, 0.3) is 0 Å². The molecule has 6 aromatic carbocycles. The molecule has 11 heteroatoms. The monoisotopic (exact) mass is 1870 g/mol. The summed E-state index contributed by atoms with van der Waals surface area (Å²) in [4.78, 5) is 4.81. The maximum atomic E-state index is 6.19. The number of hydrogen-bond acceptors (Lipinski definition) is 2. The fourth-order valence-corrected chi connectivity index (χ4v) is 45.0. The van der Waals surface area contributed by atoms with E-state index in [1.807, 2.05) is 48.5 Å². The predicted octanol–water partition coefficient (Wildman–Crippen LogP) is 32.7. The van der Waals surface area contributed by atoms with Crippen LogP contribution in [-0.2, 0) is 27.0 Å². The molecule has 0 bridgehead atoms. The van der Waals surface area contributed by atoms with Gasteiger partial charge in [-0.3, -0.25) is 0 Å². The van der Waals surface area contributed by atoms with E-state index in [9.17, 15) is 0 Å². The van der Waals surface area contributed by atoms with E-state index in [4.69, 9.17) is 38.8 Å². The zero-order chi connectivity index (χ0) is 80.5. The van der Waals surface area contributed by atoms with Crippen LogP contribution in [-0.4, -0.2) is 72.2 Å². The molecule has 9 saturated carbocycles. The van der Waals surface area contributed by atoms with Crippen molar-refractivity contribution in [2.45, 2.75) is 381 Å². The molecule has 6 aromatic rings. The van der Waals surface area contributed by atoms with Crippen LogP contribution in [0.3, 0.4) is 0 Å². The van der Waals surface area contributed by atoms with E-state index in [0.29, 0.717) is 0 Å². The standard InChI is InChI=1S/C21H27N2.3C18H33P.2C15H10.4ClH.2Ru/c1-14-9-16(3)20(17(4)10-14)22-7-8-23(13-22)21-18(5)11-15(2)12-19(21)6;3*1-4-10-16(11-5-1)19(17-12-6-2-7-13-17)18-14-8-3-9-15-18;2*1-2-6-12(7-3-1)15-11-10-13-8-4-5-9-14(13)15;;;;;;/h9-13H,7-8H2,1-6H3;3*16-18H,1-15H2;2*1-9,11H;4*1H;;/q-1;;;;;;;;;;2*+2/p-1. The molecular formula is C105H149Cl4N2P3Ru2+2. The zero-order valence-corrected chi connectivity index (χ0v) is 82.0. The molecule has 1 aliphatic heterocycles. The number of allylic oxidation sites excluding steroid dienone is 2. The summed E-state index contributed by atoms with van der Waals surface area (Å²) in [5.74, 6) is 0. The van der Waals surface area contributed by atoms with Crippen LogP contribution < -0.4 is 9.80 Å². The molecule has 11 aliphatic carbocycles. The zero-order valence-electron chi connectivity index (χ0n) is 72.5. The second-order valence-electron chi connectivity index (χ2n) is 37.5. The van der Waals surface area contributed by atoms with Gasteiger partial charge in [-0.1, -0.05) is 93.2 Å². The summed E-state index contributed by atoms with van der Waals surface area (Å²) in [5.41, 5.74) is 31.6. The van der Waals surface area contributed by atoms with Crippen molar-refractivity contribution in [2.75, 3.05) is 22.9 Å². The van der Waals surface area contributed by atoms with Crippen LogP contribution in [0.25, 0.3) is 11.1 Å². The van der Waals surface area contributed by atoms with Crippen molar-refractivity contribution in [1.82, 2.24) is 0 Å². The van der Waals surface area contributed by atoms with E-state index in [2.05, 4.69) is 155 Å². The number of fused-ring (bicyclic) bond motifs is 2. The second kappa shape index (κ2) is 47.8. The molecular weight excluding hydrogens is 1730 g/mol. The Bertz CT molecular complexity index is 3630. The number of benzene rings is 6. The van der Waals surface area contributed by atoms with Gasteiger partial charge in [0, 0.05) is 48.2 Å². The molecule has 0 radical (unpaired) electrons. The molecule has 1 saturated heterocycles. The number of aryl methyl sites for hydroxylation is 6. The van der Waals surface area contributed by atoms with Crippen LogP contribution in [0.1, 0.15) is 356 Å². The van der Waals surface area contributed by atoms with Crippen molar-refractivity contribution in [1.29, 1.82) is 0 Å². The molecule has 0 unspecified atom stereocenters. The minimum absolute atomic E-state index is 0.0465. The van der Waals surface area contributed by atoms with Crippen molar-refractivity contribution in [3.8, 4) is 0 Å². The molecule has 0 amide bonds. The van der Waals surface area contributed by atoms with Gasteiger partial charge in [-0.25, -0.2) is 0 Å².